The Morgan fingerprint density at radius 1 is 0.906 bits per heavy atom. The van der Waals surface area contributed by atoms with Gasteiger partial charge in [-0.25, -0.2) is 0 Å². The van der Waals surface area contributed by atoms with Crippen molar-refractivity contribution < 1.29 is 9.47 Å². The molecular weight excluding hydrogens is 418 g/mol. The number of aromatic nitrogens is 1. The quantitative estimate of drug-likeness (QED) is 0.402. The Labute approximate surface area is 193 Å². The fraction of sp³-hybridized carbons (Fsp3) is 0.269. The van der Waals surface area contributed by atoms with Crippen molar-refractivity contribution in [2.24, 2.45) is 0 Å². The predicted molar refractivity (Wildman–Crippen MR) is 132 cm³/mol. The topological polar surface area (TPSA) is 37.8 Å². The molecule has 1 aliphatic heterocycles. The van der Waals surface area contributed by atoms with Gasteiger partial charge in [-0.1, -0.05) is 30.3 Å². The number of anilines is 1. The molecule has 0 aliphatic carbocycles. The zero-order valence-electron chi connectivity index (χ0n) is 18.5. The van der Waals surface area contributed by atoms with Crippen molar-refractivity contribution in [1.29, 1.82) is 0 Å². The van der Waals surface area contributed by atoms with Crippen molar-refractivity contribution in [3.05, 3.63) is 71.6 Å². The zero-order valence-corrected chi connectivity index (χ0v) is 19.3. The van der Waals surface area contributed by atoms with E-state index in [-0.39, 0.29) is 0 Å². The summed E-state index contributed by atoms with van der Waals surface area (Å²) >= 11 is 1.48. The standard InChI is InChI=1S/C26H27N3O2S/c1-28-11-13-29(14-12-28)26-8-4-5-19-9-10-22(16-24(19)26)31-18-23-17-25(27-32-23)20-6-3-7-21(15-20)30-2/h3-10,15-17H,11-14,18H2,1-2H3. The second kappa shape index (κ2) is 9.18. The number of hydrogen-bond donors (Lipinski definition) is 0. The first-order valence-electron chi connectivity index (χ1n) is 10.9. The zero-order chi connectivity index (χ0) is 21.9. The fourth-order valence-corrected chi connectivity index (χ4v) is 4.75. The minimum absolute atomic E-state index is 0.504. The maximum absolute atomic E-state index is 6.17. The first-order valence-corrected chi connectivity index (χ1v) is 11.7. The number of likely N-dealkylation sites (N-methyl/N-ethyl adjacent to an activating group) is 1. The Hall–Kier alpha value is -3.09. The van der Waals surface area contributed by atoms with Crippen LogP contribution in [0.2, 0.25) is 0 Å². The van der Waals surface area contributed by atoms with Crippen LogP contribution in [0.15, 0.2) is 66.7 Å². The molecule has 0 amide bonds. The van der Waals surface area contributed by atoms with E-state index < -0.39 is 0 Å². The van der Waals surface area contributed by atoms with Gasteiger partial charge in [0, 0.05) is 42.8 Å². The maximum atomic E-state index is 6.17. The summed E-state index contributed by atoms with van der Waals surface area (Å²) in [5.74, 6) is 1.72. The number of hydrogen-bond acceptors (Lipinski definition) is 6. The minimum atomic E-state index is 0.504. The molecule has 0 saturated carbocycles. The van der Waals surface area contributed by atoms with E-state index in [1.54, 1.807) is 7.11 Å². The second-order valence-electron chi connectivity index (χ2n) is 8.15. The highest BCUT2D eigenvalue weighted by molar-refractivity contribution is 7.06. The molecule has 1 aliphatic rings. The lowest BCUT2D eigenvalue weighted by Gasteiger charge is -2.34. The van der Waals surface area contributed by atoms with Gasteiger partial charge in [0.15, 0.2) is 0 Å². The van der Waals surface area contributed by atoms with Crippen LogP contribution in [0.4, 0.5) is 5.69 Å². The highest BCUT2D eigenvalue weighted by Gasteiger charge is 2.16. The van der Waals surface area contributed by atoms with E-state index >= 15 is 0 Å². The predicted octanol–water partition coefficient (Wildman–Crippen LogP) is 5.30. The number of benzene rings is 3. The summed E-state index contributed by atoms with van der Waals surface area (Å²) in [6, 6.07) is 23.0. The van der Waals surface area contributed by atoms with Crippen LogP contribution in [0.1, 0.15) is 4.88 Å². The number of methoxy groups -OCH3 is 1. The normalized spacial score (nSPS) is 14.6. The lowest BCUT2D eigenvalue weighted by molar-refractivity contribution is 0.310. The molecule has 164 valence electrons. The summed E-state index contributed by atoms with van der Waals surface area (Å²) in [6.07, 6.45) is 0. The Morgan fingerprint density at radius 3 is 2.59 bits per heavy atom. The molecule has 0 unspecified atom stereocenters. The molecule has 0 atom stereocenters. The highest BCUT2D eigenvalue weighted by Crippen LogP contribution is 2.32. The summed E-state index contributed by atoms with van der Waals surface area (Å²) < 4.78 is 16.1. The highest BCUT2D eigenvalue weighted by atomic mass is 32.1. The SMILES string of the molecule is COc1cccc(-c2cc(COc3ccc4cccc(N5CCN(C)CC5)c4c3)sn2)c1. The van der Waals surface area contributed by atoms with Crippen LogP contribution < -0.4 is 14.4 Å². The molecule has 2 heterocycles. The molecule has 4 aromatic rings. The average molecular weight is 446 g/mol. The van der Waals surface area contributed by atoms with Gasteiger partial charge < -0.3 is 19.3 Å². The van der Waals surface area contributed by atoms with E-state index in [2.05, 4.69) is 63.7 Å². The molecule has 1 fully saturated rings. The van der Waals surface area contributed by atoms with Gasteiger partial charge in [-0.2, -0.15) is 4.37 Å². The number of ether oxygens (including phenoxy) is 2. The molecular formula is C26H27N3O2S. The Bertz CT molecular complexity index is 1210. The first kappa shape index (κ1) is 20.8. The van der Waals surface area contributed by atoms with E-state index in [1.807, 2.05) is 24.3 Å². The Balaban J connectivity index is 1.33. The summed E-state index contributed by atoms with van der Waals surface area (Å²) in [4.78, 5) is 5.95. The molecule has 1 saturated heterocycles. The van der Waals surface area contributed by atoms with E-state index in [4.69, 9.17) is 9.47 Å². The third-order valence-electron chi connectivity index (χ3n) is 5.98. The summed E-state index contributed by atoms with van der Waals surface area (Å²) in [7, 11) is 3.86. The van der Waals surface area contributed by atoms with Gasteiger partial charge in [-0.3, -0.25) is 0 Å². The van der Waals surface area contributed by atoms with Crippen LogP contribution in [0.3, 0.4) is 0 Å². The lowest BCUT2D eigenvalue weighted by Crippen LogP contribution is -2.44. The van der Waals surface area contributed by atoms with Crippen LogP contribution >= 0.6 is 11.5 Å². The maximum Gasteiger partial charge on any atom is 0.124 e. The van der Waals surface area contributed by atoms with Gasteiger partial charge in [0.05, 0.1) is 17.7 Å². The van der Waals surface area contributed by atoms with Crippen molar-refractivity contribution in [3.63, 3.8) is 0 Å². The largest absolute Gasteiger partial charge is 0.497 e. The number of piperazine rings is 1. The molecule has 0 radical (unpaired) electrons. The van der Waals surface area contributed by atoms with E-state index in [0.29, 0.717) is 6.61 Å². The van der Waals surface area contributed by atoms with Gasteiger partial charge in [-0.15, -0.1) is 0 Å². The monoisotopic (exact) mass is 445 g/mol. The van der Waals surface area contributed by atoms with Gasteiger partial charge in [-0.05, 0) is 60.4 Å². The van der Waals surface area contributed by atoms with Crippen LogP contribution in [0, 0.1) is 0 Å². The van der Waals surface area contributed by atoms with E-state index in [9.17, 15) is 0 Å². The summed E-state index contributed by atoms with van der Waals surface area (Å²) in [5, 5.41) is 2.49. The molecule has 5 nitrogen and oxygen atoms in total. The van der Waals surface area contributed by atoms with Crippen LogP contribution in [-0.4, -0.2) is 49.6 Å². The van der Waals surface area contributed by atoms with Gasteiger partial charge >= 0.3 is 0 Å². The van der Waals surface area contributed by atoms with Crippen LogP contribution in [-0.2, 0) is 6.61 Å². The van der Waals surface area contributed by atoms with Crippen molar-refractivity contribution in [2.75, 3.05) is 45.2 Å². The van der Waals surface area contributed by atoms with Crippen molar-refractivity contribution in [2.45, 2.75) is 6.61 Å². The molecule has 3 aromatic carbocycles. The number of nitrogens with zero attached hydrogens (tertiary/aromatic N) is 3. The third kappa shape index (κ3) is 4.42. The number of fused-ring (bicyclic) bond motifs is 1. The molecule has 32 heavy (non-hydrogen) atoms. The van der Waals surface area contributed by atoms with Crippen molar-refractivity contribution in [3.8, 4) is 22.8 Å². The van der Waals surface area contributed by atoms with Crippen LogP contribution in [0.5, 0.6) is 11.5 Å². The third-order valence-corrected chi connectivity index (χ3v) is 6.74. The van der Waals surface area contributed by atoms with E-state index in [1.165, 1.54) is 28.0 Å². The molecule has 0 N–H and O–H groups in total. The molecule has 0 spiro atoms. The molecule has 6 heteroatoms. The summed E-state index contributed by atoms with van der Waals surface area (Å²) in [6.45, 7) is 4.79. The molecule has 0 bridgehead atoms. The van der Waals surface area contributed by atoms with Gasteiger partial charge in [0.1, 0.15) is 18.1 Å². The summed E-state index contributed by atoms with van der Waals surface area (Å²) in [5.41, 5.74) is 3.29. The lowest BCUT2D eigenvalue weighted by atomic mass is 10.1. The smallest absolute Gasteiger partial charge is 0.124 e. The Kier molecular flexibility index (Phi) is 5.97. The Morgan fingerprint density at radius 2 is 1.75 bits per heavy atom. The van der Waals surface area contributed by atoms with Crippen molar-refractivity contribution >= 4 is 28.0 Å². The minimum Gasteiger partial charge on any atom is -0.497 e. The van der Waals surface area contributed by atoms with E-state index in [0.717, 1.165) is 53.8 Å². The number of rotatable bonds is 6. The first-order chi connectivity index (χ1) is 15.7. The van der Waals surface area contributed by atoms with Gasteiger partial charge in [0.25, 0.3) is 0 Å². The average Bonchev–Trinajstić information content (AvgIpc) is 3.32. The van der Waals surface area contributed by atoms with Gasteiger partial charge in [0.2, 0.25) is 0 Å². The fourth-order valence-electron chi connectivity index (χ4n) is 4.10. The second-order valence-corrected chi connectivity index (χ2v) is 9.04. The van der Waals surface area contributed by atoms with Crippen molar-refractivity contribution in [1.82, 2.24) is 9.27 Å². The molecule has 5 rings (SSSR count). The van der Waals surface area contributed by atoms with Crippen LogP contribution in [0.25, 0.3) is 22.0 Å². The molecule has 1 aromatic heterocycles.